The number of urea groups is 1. The molecule has 1 aliphatic heterocycles. The summed E-state index contributed by atoms with van der Waals surface area (Å²) in [6, 6.07) is 6.44. The second-order valence-electron chi connectivity index (χ2n) is 3.78. The molecule has 17 heavy (non-hydrogen) atoms. The summed E-state index contributed by atoms with van der Waals surface area (Å²) in [5.41, 5.74) is 0.545. The third kappa shape index (κ3) is 3.10. The topological polar surface area (TPSA) is 70.2 Å². The summed E-state index contributed by atoms with van der Waals surface area (Å²) in [4.78, 5) is 22.6. The Bertz CT molecular complexity index is 450. The Kier molecular flexibility index (Phi) is 3.49. The highest BCUT2D eigenvalue weighted by Gasteiger charge is 2.22. The van der Waals surface area contributed by atoms with Crippen LogP contribution in [-0.4, -0.2) is 24.5 Å². The summed E-state index contributed by atoms with van der Waals surface area (Å²) in [5.74, 6) is -0.0481. The molecule has 5 nitrogen and oxygen atoms in total. The largest absolute Gasteiger partial charge is 0.354 e. The SMILES string of the molecule is O=C1C[C@@H](NC(=O)Nc2ccccc2Cl)CN1. The lowest BCUT2D eigenvalue weighted by Crippen LogP contribution is -2.39. The summed E-state index contributed by atoms with van der Waals surface area (Å²) in [7, 11) is 0. The van der Waals surface area contributed by atoms with Crippen LogP contribution in [0.2, 0.25) is 5.02 Å². The van der Waals surface area contributed by atoms with E-state index in [4.69, 9.17) is 11.6 Å². The Labute approximate surface area is 104 Å². The average Bonchev–Trinajstić information content (AvgIpc) is 2.67. The van der Waals surface area contributed by atoms with Gasteiger partial charge in [0.25, 0.3) is 0 Å². The van der Waals surface area contributed by atoms with Crippen molar-refractivity contribution in [3.05, 3.63) is 29.3 Å². The highest BCUT2D eigenvalue weighted by Crippen LogP contribution is 2.20. The van der Waals surface area contributed by atoms with E-state index < -0.39 is 0 Å². The van der Waals surface area contributed by atoms with Crippen molar-refractivity contribution in [3.63, 3.8) is 0 Å². The van der Waals surface area contributed by atoms with Gasteiger partial charge < -0.3 is 16.0 Å². The van der Waals surface area contributed by atoms with Crippen molar-refractivity contribution in [3.8, 4) is 0 Å². The Morgan fingerprint density at radius 3 is 2.82 bits per heavy atom. The predicted molar refractivity (Wildman–Crippen MR) is 65.0 cm³/mol. The fraction of sp³-hybridized carbons (Fsp3) is 0.273. The van der Waals surface area contributed by atoms with Crippen LogP contribution < -0.4 is 16.0 Å². The number of nitrogens with one attached hydrogen (secondary N) is 3. The van der Waals surface area contributed by atoms with Crippen LogP contribution in [0.25, 0.3) is 0 Å². The van der Waals surface area contributed by atoms with Crippen LogP contribution in [0.15, 0.2) is 24.3 Å². The van der Waals surface area contributed by atoms with E-state index in [1.807, 2.05) is 0 Å². The molecule has 1 aromatic rings. The van der Waals surface area contributed by atoms with Crippen molar-refractivity contribution >= 4 is 29.2 Å². The van der Waals surface area contributed by atoms with Gasteiger partial charge in [-0.05, 0) is 12.1 Å². The highest BCUT2D eigenvalue weighted by molar-refractivity contribution is 6.33. The molecule has 3 N–H and O–H groups in total. The number of carbonyl (C=O) groups is 2. The molecule has 1 atom stereocenters. The van der Waals surface area contributed by atoms with Crippen molar-refractivity contribution in [2.45, 2.75) is 12.5 Å². The molecule has 0 radical (unpaired) electrons. The van der Waals surface area contributed by atoms with Gasteiger partial charge in [0.2, 0.25) is 5.91 Å². The molecule has 1 aliphatic rings. The molecule has 0 aliphatic carbocycles. The second-order valence-corrected chi connectivity index (χ2v) is 4.19. The third-order valence-corrected chi connectivity index (χ3v) is 2.76. The first-order valence-corrected chi connectivity index (χ1v) is 5.61. The lowest BCUT2D eigenvalue weighted by Gasteiger charge is -2.12. The van der Waals surface area contributed by atoms with Crippen LogP contribution in [0.5, 0.6) is 0 Å². The monoisotopic (exact) mass is 253 g/mol. The van der Waals surface area contributed by atoms with E-state index in [1.54, 1.807) is 24.3 Å². The smallest absolute Gasteiger partial charge is 0.319 e. The van der Waals surface area contributed by atoms with Gasteiger partial charge in [-0.1, -0.05) is 23.7 Å². The molecule has 1 aromatic carbocycles. The maximum absolute atomic E-state index is 11.6. The standard InChI is InChI=1S/C11H12ClN3O2/c12-8-3-1-2-4-9(8)15-11(17)14-7-5-10(16)13-6-7/h1-4,7H,5-6H2,(H,13,16)(H2,14,15,17)/t7-/m1/s1. The molecule has 0 saturated carbocycles. The number of hydrogen-bond acceptors (Lipinski definition) is 2. The number of amides is 3. The van der Waals surface area contributed by atoms with E-state index in [0.29, 0.717) is 23.7 Å². The summed E-state index contributed by atoms with van der Waals surface area (Å²) >= 11 is 5.90. The number of benzene rings is 1. The van der Waals surface area contributed by atoms with Crippen LogP contribution in [0.4, 0.5) is 10.5 Å². The molecule has 0 spiro atoms. The lowest BCUT2D eigenvalue weighted by atomic mass is 10.2. The van der Waals surface area contributed by atoms with E-state index >= 15 is 0 Å². The van der Waals surface area contributed by atoms with Crippen molar-refractivity contribution in [1.82, 2.24) is 10.6 Å². The zero-order valence-corrected chi connectivity index (χ0v) is 9.75. The van der Waals surface area contributed by atoms with Crippen LogP contribution >= 0.6 is 11.6 Å². The minimum atomic E-state index is -0.361. The normalized spacial score (nSPS) is 18.6. The summed E-state index contributed by atoms with van der Waals surface area (Å²) in [6.07, 6.45) is 0.315. The first-order valence-electron chi connectivity index (χ1n) is 5.24. The van der Waals surface area contributed by atoms with Crippen molar-refractivity contribution < 1.29 is 9.59 Å². The summed E-state index contributed by atoms with van der Waals surface area (Å²) < 4.78 is 0. The van der Waals surface area contributed by atoms with E-state index in [0.717, 1.165) is 0 Å². The summed E-state index contributed by atoms with van der Waals surface area (Å²) in [6.45, 7) is 0.467. The zero-order valence-electron chi connectivity index (χ0n) is 9.00. The number of carbonyl (C=O) groups excluding carboxylic acids is 2. The molecule has 90 valence electrons. The Balaban J connectivity index is 1.89. The van der Waals surface area contributed by atoms with Crippen molar-refractivity contribution in [2.24, 2.45) is 0 Å². The van der Waals surface area contributed by atoms with Crippen LogP contribution in [0.3, 0.4) is 0 Å². The quantitative estimate of drug-likeness (QED) is 0.745. The van der Waals surface area contributed by atoms with Crippen molar-refractivity contribution in [2.75, 3.05) is 11.9 Å². The van der Waals surface area contributed by atoms with E-state index in [1.165, 1.54) is 0 Å². The number of hydrogen-bond donors (Lipinski definition) is 3. The van der Waals surface area contributed by atoms with Gasteiger partial charge in [-0.3, -0.25) is 4.79 Å². The summed E-state index contributed by atoms with van der Waals surface area (Å²) in [5, 5.41) is 8.44. The minimum absolute atomic E-state index is 0.0481. The molecule has 2 rings (SSSR count). The Morgan fingerprint density at radius 2 is 2.18 bits per heavy atom. The van der Waals surface area contributed by atoms with E-state index in [9.17, 15) is 9.59 Å². The third-order valence-electron chi connectivity index (χ3n) is 2.43. The van der Waals surface area contributed by atoms with E-state index in [2.05, 4.69) is 16.0 Å². The molecule has 3 amide bonds. The molecule has 1 saturated heterocycles. The lowest BCUT2D eigenvalue weighted by molar-refractivity contribution is -0.119. The Hall–Kier alpha value is -1.75. The maximum Gasteiger partial charge on any atom is 0.319 e. The second kappa shape index (κ2) is 5.05. The first-order chi connectivity index (χ1) is 8.15. The highest BCUT2D eigenvalue weighted by atomic mass is 35.5. The molecule has 0 unspecified atom stereocenters. The van der Waals surface area contributed by atoms with Gasteiger partial charge in [-0.2, -0.15) is 0 Å². The fourth-order valence-electron chi connectivity index (χ4n) is 1.61. The minimum Gasteiger partial charge on any atom is -0.354 e. The van der Waals surface area contributed by atoms with Crippen LogP contribution in [0.1, 0.15) is 6.42 Å². The van der Waals surface area contributed by atoms with Gasteiger partial charge >= 0.3 is 6.03 Å². The number of anilines is 1. The molecule has 0 aromatic heterocycles. The number of para-hydroxylation sites is 1. The average molecular weight is 254 g/mol. The molecule has 6 heteroatoms. The number of halogens is 1. The molecular weight excluding hydrogens is 242 g/mol. The van der Waals surface area contributed by atoms with Gasteiger partial charge in [-0.25, -0.2) is 4.79 Å². The van der Waals surface area contributed by atoms with Gasteiger partial charge in [0.1, 0.15) is 0 Å². The maximum atomic E-state index is 11.6. The molecular formula is C11H12ClN3O2. The molecule has 1 heterocycles. The first kappa shape index (κ1) is 11.7. The van der Waals surface area contributed by atoms with Crippen molar-refractivity contribution in [1.29, 1.82) is 0 Å². The van der Waals surface area contributed by atoms with Gasteiger partial charge in [0, 0.05) is 13.0 Å². The fourth-order valence-corrected chi connectivity index (χ4v) is 1.80. The van der Waals surface area contributed by atoms with Gasteiger partial charge in [0.15, 0.2) is 0 Å². The predicted octanol–water partition coefficient (Wildman–Crippen LogP) is 1.35. The van der Waals surface area contributed by atoms with Gasteiger partial charge in [0.05, 0.1) is 16.8 Å². The molecule has 1 fully saturated rings. The number of rotatable bonds is 2. The zero-order chi connectivity index (χ0) is 12.3. The Morgan fingerprint density at radius 1 is 1.41 bits per heavy atom. The van der Waals surface area contributed by atoms with E-state index in [-0.39, 0.29) is 18.0 Å². The van der Waals surface area contributed by atoms with Gasteiger partial charge in [-0.15, -0.1) is 0 Å². The van der Waals surface area contributed by atoms with Crippen LogP contribution in [-0.2, 0) is 4.79 Å². The molecule has 0 bridgehead atoms. The van der Waals surface area contributed by atoms with Crippen LogP contribution in [0, 0.1) is 0 Å².